The van der Waals surface area contributed by atoms with Gasteiger partial charge in [-0.2, -0.15) is 0 Å². The lowest BCUT2D eigenvalue weighted by molar-refractivity contribution is -0.147. The van der Waals surface area contributed by atoms with Gasteiger partial charge in [-0.3, -0.25) is 4.79 Å². The summed E-state index contributed by atoms with van der Waals surface area (Å²) >= 11 is 2.87. The maximum Gasteiger partial charge on any atom is 0.306 e. The topological polar surface area (TPSA) is 57.5 Å². The number of hydrogen-bond acceptors (Lipinski definition) is 2. The Hall–Kier alpha value is -1.01. The molecule has 0 spiro atoms. The van der Waals surface area contributed by atoms with Crippen LogP contribution in [0.25, 0.3) is 0 Å². The summed E-state index contributed by atoms with van der Waals surface area (Å²) in [6.45, 7) is 0. The lowest BCUT2D eigenvalue weighted by Gasteiger charge is -2.32. The van der Waals surface area contributed by atoms with E-state index in [0.29, 0.717) is 12.8 Å². The summed E-state index contributed by atoms with van der Waals surface area (Å²) < 4.78 is 27.3. The number of benzene rings is 1. The van der Waals surface area contributed by atoms with Crippen LogP contribution in [0.5, 0.6) is 0 Å². The fraction of sp³-hybridized carbons (Fsp3) is 0.500. The second kappa shape index (κ2) is 6.18. The van der Waals surface area contributed by atoms with Crippen molar-refractivity contribution in [3.63, 3.8) is 0 Å². The fourth-order valence-corrected chi connectivity index (χ4v) is 3.15. The highest BCUT2D eigenvalue weighted by molar-refractivity contribution is 9.10. The van der Waals surface area contributed by atoms with Crippen LogP contribution in [0.15, 0.2) is 16.6 Å². The molecule has 1 aliphatic rings. The summed E-state index contributed by atoms with van der Waals surface area (Å²) in [6.07, 6.45) is 1.20. The molecule has 20 heavy (non-hydrogen) atoms. The second-order valence-electron chi connectivity index (χ2n) is 5.13. The zero-order valence-electron chi connectivity index (χ0n) is 10.7. The van der Waals surface area contributed by atoms with Crippen LogP contribution in [-0.2, 0) is 4.79 Å². The van der Waals surface area contributed by atoms with Crippen LogP contribution in [0, 0.1) is 23.5 Å². The summed E-state index contributed by atoms with van der Waals surface area (Å²) in [4.78, 5) is 11.2. The summed E-state index contributed by atoms with van der Waals surface area (Å²) in [5.41, 5.74) is -0.177. The third-order valence-electron chi connectivity index (χ3n) is 3.90. The molecule has 0 aromatic heterocycles. The molecule has 1 saturated carbocycles. The van der Waals surface area contributed by atoms with Gasteiger partial charge in [-0.25, -0.2) is 8.78 Å². The number of carboxylic acids is 1. The van der Waals surface area contributed by atoms with E-state index in [4.69, 9.17) is 0 Å². The predicted molar refractivity (Wildman–Crippen MR) is 72.1 cm³/mol. The lowest BCUT2D eigenvalue weighted by Crippen LogP contribution is -2.31. The average molecular weight is 349 g/mol. The number of aliphatic hydroxyl groups excluding tert-OH is 1. The highest BCUT2D eigenvalue weighted by Crippen LogP contribution is 2.40. The quantitative estimate of drug-likeness (QED) is 0.819. The van der Waals surface area contributed by atoms with E-state index in [-0.39, 0.29) is 10.0 Å². The Balaban J connectivity index is 2.32. The van der Waals surface area contributed by atoms with Gasteiger partial charge in [-0.1, -0.05) is 12.8 Å². The van der Waals surface area contributed by atoms with Crippen molar-refractivity contribution in [1.29, 1.82) is 0 Å². The van der Waals surface area contributed by atoms with Gasteiger partial charge in [0, 0.05) is 11.5 Å². The third-order valence-corrected chi connectivity index (χ3v) is 4.51. The highest BCUT2D eigenvalue weighted by Gasteiger charge is 2.37. The van der Waals surface area contributed by atoms with E-state index in [1.807, 2.05) is 0 Å². The van der Waals surface area contributed by atoms with E-state index >= 15 is 0 Å². The molecule has 110 valence electrons. The lowest BCUT2D eigenvalue weighted by atomic mass is 9.74. The van der Waals surface area contributed by atoms with E-state index in [0.717, 1.165) is 25.0 Å². The molecule has 3 unspecified atom stereocenters. The standard InChI is InChI=1S/C14H15BrF2O3/c15-10-6-11(16)9(5-12(10)17)13(18)7-3-1-2-4-8(7)14(19)20/h5-8,13,18H,1-4H2,(H,19,20). The zero-order chi connectivity index (χ0) is 14.9. The van der Waals surface area contributed by atoms with Crippen LogP contribution in [0.3, 0.4) is 0 Å². The molecule has 1 fully saturated rings. The summed E-state index contributed by atoms with van der Waals surface area (Å²) in [6, 6.07) is 1.88. The second-order valence-corrected chi connectivity index (χ2v) is 5.98. The molecule has 1 aromatic carbocycles. The Morgan fingerprint density at radius 2 is 1.90 bits per heavy atom. The molecule has 1 aliphatic carbocycles. The normalized spacial score (nSPS) is 24.4. The van der Waals surface area contributed by atoms with Gasteiger partial charge in [-0.05, 0) is 40.9 Å². The molecular formula is C14H15BrF2O3. The molecule has 0 bridgehead atoms. The Kier molecular flexibility index (Phi) is 4.75. The van der Waals surface area contributed by atoms with E-state index in [1.165, 1.54) is 0 Å². The van der Waals surface area contributed by atoms with E-state index in [9.17, 15) is 23.8 Å². The number of halogens is 3. The summed E-state index contributed by atoms with van der Waals surface area (Å²) in [5.74, 6) is -3.71. The molecule has 2 N–H and O–H groups in total. The number of carboxylic acid groups (broad SMARTS) is 1. The molecule has 2 rings (SSSR count). The van der Waals surface area contributed by atoms with E-state index in [1.54, 1.807) is 0 Å². The fourth-order valence-electron chi connectivity index (χ4n) is 2.84. The maximum absolute atomic E-state index is 13.9. The Bertz CT molecular complexity index is 521. The molecular weight excluding hydrogens is 334 g/mol. The first kappa shape index (κ1) is 15.4. The van der Waals surface area contributed by atoms with Crippen LogP contribution in [0.4, 0.5) is 8.78 Å². The number of rotatable bonds is 3. The minimum absolute atomic E-state index is 0.0237. The molecule has 0 heterocycles. The number of aliphatic hydroxyl groups is 1. The molecule has 1 aromatic rings. The van der Waals surface area contributed by atoms with Crippen LogP contribution in [0.2, 0.25) is 0 Å². The molecule has 0 radical (unpaired) electrons. The van der Waals surface area contributed by atoms with Crippen LogP contribution in [0.1, 0.15) is 37.4 Å². The SMILES string of the molecule is O=C(O)C1CCCCC1C(O)c1cc(F)c(Br)cc1F. The Labute approximate surface area is 123 Å². The highest BCUT2D eigenvalue weighted by atomic mass is 79.9. The molecule has 0 saturated heterocycles. The van der Waals surface area contributed by atoms with Crippen LogP contribution < -0.4 is 0 Å². The van der Waals surface area contributed by atoms with Crippen molar-refractivity contribution in [1.82, 2.24) is 0 Å². The molecule has 6 heteroatoms. The first-order valence-corrected chi connectivity index (χ1v) is 7.26. The molecule has 0 aliphatic heterocycles. The first-order chi connectivity index (χ1) is 9.41. The van der Waals surface area contributed by atoms with E-state index < -0.39 is 35.5 Å². The largest absolute Gasteiger partial charge is 0.481 e. The third kappa shape index (κ3) is 3.01. The number of aliphatic carboxylic acids is 1. The summed E-state index contributed by atoms with van der Waals surface area (Å²) in [5, 5.41) is 19.5. The van der Waals surface area contributed by atoms with Crippen molar-refractivity contribution in [2.75, 3.05) is 0 Å². The van der Waals surface area contributed by atoms with Gasteiger partial charge in [0.25, 0.3) is 0 Å². The number of hydrogen-bond donors (Lipinski definition) is 2. The van der Waals surface area contributed by atoms with Gasteiger partial charge in [0.15, 0.2) is 0 Å². The van der Waals surface area contributed by atoms with Crippen molar-refractivity contribution >= 4 is 21.9 Å². The molecule has 0 amide bonds. The smallest absolute Gasteiger partial charge is 0.306 e. The first-order valence-electron chi connectivity index (χ1n) is 6.47. The predicted octanol–water partition coefficient (Wildman–Crippen LogP) is 3.65. The molecule has 3 nitrogen and oxygen atoms in total. The molecule has 3 atom stereocenters. The van der Waals surface area contributed by atoms with Crippen LogP contribution in [-0.4, -0.2) is 16.2 Å². The minimum Gasteiger partial charge on any atom is -0.481 e. The van der Waals surface area contributed by atoms with Gasteiger partial charge in [0.05, 0.1) is 16.5 Å². The van der Waals surface area contributed by atoms with Crippen molar-refractivity contribution in [2.24, 2.45) is 11.8 Å². The monoisotopic (exact) mass is 348 g/mol. The van der Waals surface area contributed by atoms with Crippen molar-refractivity contribution in [3.05, 3.63) is 33.8 Å². The minimum atomic E-state index is -1.31. The van der Waals surface area contributed by atoms with Crippen LogP contribution >= 0.6 is 15.9 Å². The van der Waals surface area contributed by atoms with Crippen molar-refractivity contribution < 1.29 is 23.8 Å². The zero-order valence-corrected chi connectivity index (χ0v) is 12.2. The maximum atomic E-state index is 13.9. The number of carbonyl (C=O) groups is 1. The Morgan fingerprint density at radius 3 is 2.55 bits per heavy atom. The van der Waals surface area contributed by atoms with Gasteiger partial charge in [-0.15, -0.1) is 0 Å². The van der Waals surface area contributed by atoms with Crippen molar-refractivity contribution in [3.8, 4) is 0 Å². The van der Waals surface area contributed by atoms with E-state index in [2.05, 4.69) is 15.9 Å². The van der Waals surface area contributed by atoms with Gasteiger partial charge in [0.1, 0.15) is 11.6 Å². The Morgan fingerprint density at radius 1 is 1.25 bits per heavy atom. The van der Waals surface area contributed by atoms with Gasteiger partial charge < -0.3 is 10.2 Å². The van der Waals surface area contributed by atoms with Gasteiger partial charge >= 0.3 is 5.97 Å². The summed E-state index contributed by atoms with van der Waals surface area (Å²) in [7, 11) is 0. The van der Waals surface area contributed by atoms with Gasteiger partial charge in [0.2, 0.25) is 0 Å². The average Bonchev–Trinajstić information content (AvgIpc) is 2.42. The van der Waals surface area contributed by atoms with Crippen molar-refractivity contribution in [2.45, 2.75) is 31.8 Å².